The largest absolute Gasteiger partial charge is 0.352 e. The van der Waals surface area contributed by atoms with Crippen LogP contribution in [0, 0.1) is 0 Å². The summed E-state index contributed by atoms with van der Waals surface area (Å²) in [6.45, 7) is 5.60. The lowest BCUT2D eigenvalue weighted by molar-refractivity contribution is 0.785. The van der Waals surface area contributed by atoms with E-state index in [4.69, 9.17) is 11.6 Å². The minimum absolute atomic E-state index is 0. The van der Waals surface area contributed by atoms with Gasteiger partial charge in [-0.05, 0) is 17.5 Å². The van der Waals surface area contributed by atoms with Crippen LogP contribution in [0.2, 0.25) is 5.02 Å². The summed E-state index contributed by atoms with van der Waals surface area (Å²) in [5.74, 6) is 1.20. The maximum atomic E-state index is 6.15. The zero-order chi connectivity index (χ0) is 15.9. The van der Waals surface area contributed by atoms with Gasteiger partial charge in [-0.25, -0.2) is 4.98 Å². The van der Waals surface area contributed by atoms with Crippen LogP contribution in [0.25, 0.3) is 0 Å². The number of aromatic nitrogens is 1. The van der Waals surface area contributed by atoms with Gasteiger partial charge >= 0.3 is 0 Å². The molecule has 0 aliphatic heterocycles. The molecule has 1 aromatic heterocycles. The van der Waals surface area contributed by atoms with Crippen LogP contribution in [0.1, 0.15) is 36.0 Å². The average molecular weight is 465 g/mol. The zero-order valence-electron chi connectivity index (χ0n) is 13.5. The standard InChI is InChI=1S/C16H21ClN4S.HI/c1-11(2)14-10-22-15(21-14)9-20-16(18-3)19-8-12-6-4-5-7-13(12)17;/h4-7,10-11H,8-9H2,1-3H3,(H2,18,19,20);1H. The first kappa shape index (κ1) is 20.2. The average Bonchev–Trinajstić information content (AvgIpc) is 2.98. The first-order valence-corrected chi connectivity index (χ1v) is 8.48. The molecule has 126 valence electrons. The van der Waals surface area contributed by atoms with Gasteiger partial charge in [0, 0.05) is 24.0 Å². The molecule has 2 rings (SSSR count). The van der Waals surface area contributed by atoms with Crippen LogP contribution >= 0.6 is 46.9 Å². The molecule has 0 fully saturated rings. The van der Waals surface area contributed by atoms with Gasteiger partial charge in [-0.1, -0.05) is 43.6 Å². The molecule has 0 aliphatic carbocycles. The third-order valence-corrected chi connectivity index (χ3v) is 4.43. The van der Waals surface area contributed by atoms with Crippen LogP contribution in [0.15, 0.2) is 34.6 Å². The van der Waals surface area contributed by atoms with Gasteiger partial charge < -0.3 is 10.6 Å². The Morgan fingerprint density at radius 2 is 1.96 bits per heavy atom. The van der Waals surface area contributed by atoms with E-state index in [9.17, 15) is 0 Å². The fourth-order valence-electron chi connectivity index (χ4n) is 1.87. The summed E-state index contributed by atoms with van der Waals surface area (Å²) in [5, 5.41) is 10.5. The number of benzene rings is 1. The predicted molar refractivity (Wildman–Crippen MR) is 110 cm³/mol. The molecule has 7 heteroatoms. The van der Waals surface area contributed by atoms with Crippen LogP contribution in [0.5, 0.6) is 0 Å². The van der Waals surface area contributed by atoms with Gasteiger partial charge in [0.15, 0.2) is 5.96 Å². The van der Waals surface area contributed by atoms with Crippen molar-refractivity contribution in [2.75, 3.05) is 7.05 Å². The van der Waals surface area contributed by atoms with Gasteiger partial charge in [0.05, 0.1) is 12.2 Å². The van der Waals surface area contributed by atoms with Crippen molar-refractivity contribution in [2.24, 2.45) is 4.99 Å². The Balaban J connectivity index is 0.00000264. The predicted octanol–water partition coefficient (Wildman–Crippen LogP) is 4.40. The number of hydrogen-bond donors (Lipinski definition) is 2. The van der Waals surface area contributed by atoms with Gasteiger partial charge in [-0.2, -0.15) is 0 Å². The Kier molecular flexibility index (Phi) is 8.86. The molecule has 0 saturated heterocycles. The number of nitrogens with zero attached hydrogens (tertiary/aromatic N) is 2. The highest BCUT2D eigenvalue weighted by atomic mass is 127. The summed E-state index contributed by atoms with van der Waals surface area (Å²) in [6, 6.07) is 7.78. The van der Waals surface area contributed by atoms with Gasteiger partial charge in [0.25, 0.3) is 0 Å². The summed E-state index contributed by atoms with van der Waals surface area (Å²) in [6.07, 6.45) is 0. The quantitative estimate of drug-likeness (QED) is 0.392. The van der Waals surface area contributed by atoms with Gasteiger partial charge in [0.2, 0.25) is 0 Å². The molecule has 4 nitrogen and oxygen atoms in total. The smallest absolute Gasteiger partial charge is 0.191 e. The first-order valence-electron chi connectivity index (χ1n) is 7.22. The van der Waals surface area contributed by atoms with E-state index >= 15 is 0 Å². The lowest BCUT2D eigenvalue weighted by Gasteiger charge is -2.11. The number of hydrogen-bond acceptors (Lipinski definition) is 3. The van der Waals surface area contributed by atoms with Crippen LogP contribution in [0.3, 0.4) is 0 Å². The molecular formula is C16H22ClIN4S. The number of halogens is 2. The lowest BCUT2D eigenvalue weighted by atomic mass is 10.2. The summed E-state index contributed by atoms with van der Waals surface area (Å²) >= 11 is 7.82. The minimum atomic E-state index is 0. The molecule has 0 bridgehead atoms. The van der Waals surface area contributed by atoms with E-state index in [-0.39, 0.29) is 24.0 Å². The van der Waals surface area contributed by atoms with E-state index in [0.29, 0.717) is 19.0 Å². The van der Waals surface area contributed by atoms with Crippen molar-refractivity contribution in [3.05, 3.63) is 50.9 Å². The molecule has 0 atom stereocenters. The summed E-state index contributed by atoms with van der Waals surface area (Å²) in [5.41, 5.74) is 2.18. The second-order valence-electron chi connectivity index (χ2n) is 5.19. The van der Waals surface area contributed by atoms with Crippen molar-refractivity contribution in [2.45, 2.75) is 32.9 Å². The number of nitrogens with one attached hydrogen (secondary N) is 2. The monoisotopic (exact) mass is 464 g/mol. The zero-order valence-corrected chi connectivity index (χ0v) is 17.4. The molecule has 0 unspecified atom stereocenters. The first-order chi connectivity index (χ1) is 10.6. The number of aliphatic imine (C=N–C) groups is 1. The second-order valence-corrected chi connectivity index (χ2v) is 6.54. The lowest BCUT2D eigenvalue weighted by Crippen LogP contribution is -2.36. The Hall–Kier alpha value is -0.860. The Morgan fingerprint density at radius 3 is 2.57 bits per heavy atom. The molecule has 0 aliphatic rings. The van der Waals surface area contributed by atoms with Crippen molar-refractivity contribution in [1.29, 1.82) is 0 Å². The van der Waals surface area contributed by atoms with Gasteiger partial charge in [-0.15, -0.1) is 35.3 Å². The fourth-order valence-corrected chi connectivity index (χ4v) is 2.97. The highest BCUT2D eigenvalue weighted by Gasteiger charge is 2.06. The van der Waals surface area contributed by atoms with Crippen LogP contribution in [-0.2, 0) is 13.1 Å². The highest BCUT2D eigenvalue weighted by Crippen LogP contribution is 2.17. The Labute approximate surface area is 163 Å². The molecule has 0 amide bonds. The van der Waals surface area contributed by atoms with Gasteiger partial charge in [-0.3, -0.25) is 4.99 Å². The molecule has 0 radical (unpaired) electrons. The normalized spacial score (nSPS) is 11.3. The third-order valence-electron chi connectivity index (χ3n) is 3.20. The van der Waals surface area contributed by atoms with Crippen LogP contribution < -0.4 is 10.6 Å². The number of rotatable bonds is 5. The third kappa shape index (κ3) is 6.27. The van der Waals surface area contributed by atoms with E-state index in [1.807, 2.05) is 24.3 Å². The molecule has 2 N–H and O–H groups in total. The maximum Gasteiger partial charge on any atom is 0.191 e. The van der Waals surface area contributed by atoms with Crippen molar-refractivity contribution in [3.8, 4) is 0 Å². The Bertz CT molecular complexity index is 643. The number of guanidine groups is 1. The van der Waals surface area contributed by atoms with Crippen molar-refractivity contribution in [3.63, 3.8) is 0 Å². The van der Waals surface area contributed by atoms with Gasteiger partial charge in [0.1, 0.15) is 5.01 Å². The topological polar surface area (TPSA) is 49.3 Å². The molecule has 1 heterocycles. The molecular weight excluding hydrogens is 443 g/mol. The highest BCUT2D eigenvalue weighted by molar-refractivity contribution is 14.0. The SMILES string of the molecule is CN=C(NCc1nc(C(C)C)cs1)NCc1ccccc1Cl.I. The van der Waals surface area contributed by atoms with Crippen molar-refractivity contribution >= 4 is 52.9 Å². The van der Waals surface area contributed by atoms with Crippen molar-refractivity contribution < 1.29 is 0 Å². The van der Waals surface area contributed by atoms with Crippen molar-refractivity contribution in [1.82, 2.24) is 15.6 Å². The number of thiazole rings is 1. The van der Waals surface area contributed by atoms with E-state index in [1.165, 1.54) is 0 Å². The van der Waals surface area contributed by atoms with E-state index < -0.39 is 0 Å². The molecule has 1 aromatic carbocycles. The fraction of sp³-hybridized carbons (Fsp3) is 0.375. The molecule has 0 saturated carbocycles. The molecule has 23 heavy (non-hydrogen) atoms. The summed E-state index contributed by atoms with van der Waals surface area (Å²) in [4.78, 5) is 8.82. The summed E-state index contributed by atoms with van der Waals surface area (Å²) < 4.78 is 0. The molecule has 0 spiro atoms. The van der Waals surface area contributed by atoms with E-state index in [2.05, 4.69) is 39.8 Å². The van der Waals surface area contributed by atoms with E-state index in [0.717, 1.165) is 27.2 Å². The van der Waals surface area contributed by atoms with Crippen LogP contribution in [-0.4, -0.2) is 18.0 Å². The maximum absolute atomic E-state index is 6.15. The minimum Gasteiger partial charge on any atom is -0.352 e. The Morgan fingerprint density at radius 1 is 1.26 bits per heavy atom. The van der Waals surface area contributed by atoms with E-state index in [1.54, 1.807) is 18.4 Å². The second kappa shape index (κ2) is 10.1. The molecule has 2 aromatic rings. The van der Waals surface area contributed by atoms with Crippen LogP contribution in [0.4, 0.5) is 0 Å². The summed E-state index contributed by atoms with van der Waals surface area (Å²) in [7, 11) is 1.75.